The number of halogens is 1. The Morgan fingerprint density at radius 2 is 2.11 bits per heavy atom. The van der Waals surface area contributed by atoms with Gasteiger partial charge in [0, 0.05) is 57.2 Å². The van der Waals surface area contributed by atoms with Gasteiger partial charge in [-0.25, -0.2) is 9.89 Å². The summed E-state index contributed by atoms with van der Waals surface area (Å²) >= 11 is 7.35. The molecule has 28 heavy (non-hydrogen) atoms. The number of aromatic nitrogens is 3. The molecule has 152 valence electrons. The number of aromatic amines is 1. The van der Waals surface area contributed by atoms with Crippen molar-refractivity contribution in [3.05, 3.63) is 39.8 Å². The highest BCUT2D eigenvalue weighted by Gasteiger charge is 2.22. The summed E-state index contributed by atoms with van der Waals surface area (Å²) < 4.78 is 6.57. The average Bonchev–Trinajstić information content (AvgIpc) is 3.06. The average molecular weight is 426 g/mol. The maximum absolute atomic E-state index is 12.6. The van der Waals surface area contributed by atoms with Crippen LogP contribution in [0.2, 0.25) is 5.02 Å². The molecule has 8 nitrogen and oxygen atoms in total. The van der Waals surface area contributed by atoms with E-state index in [0.29, 0.717) is 42.8 Å². The van der Waals surface area contributed by atoms with E-state index in [-0.39, 0.29) is 17.3 Å². The van der Waals surface area contributed by atoms with E-state index in [9.17, 15) is 9.59 Å². The lowest BCUT2D eigenvalue weighted by molar-refractivity contribution is -0.128. The van der Waals surface area contributed by atoms with Gasteiger partial charge in [-0.1, -0.05) is 29.4 Å². The molecule has 2 heterocycles. The third-order valence-electron chi connectivity index (χ3n) is 4.58. The van der Waals surface area contributed by atoms with Crippen LogP contribution in [0.4, 0.5) is 5.69 Å². The number of H-pyrrole nitrogens is 1. The predicted octanol–water partition coefficient (Wildman–Crippen LogP) is 1.70. The van der Waals surface area contributed by atoms with Gasteiger partial charge in [-0.3, -0.25) is 9.36 Å². The fraction of sp³-hybridized carbons (Fsp3) is 0.500. The van der Waals surface area contributed by atoms with Crippen LogP contribution in [-0.2, 0) is 16.1 Å². The maximum atomic E-state index is 12.6. The van der Waals surface area contributed by atoms with Crippen molar-refractivity contribution in [1.29, 1.82) is 0 Å². The number of amides is 1. The fourth-order valence-electron chi connectivity index (χ4n) is 3.08. The first-order valence-corrected chi connectivity index (χ1v) is 10.5. The number of methoxy groups -OCH3 is 1. The third-order valence-corrected chi connectivity index (χ3v) is 5.78. The second-order valence-corrected chi connectivity index (χ2v) is 7.82. The van der Waals surface area contributed by atoms with E-state index in [1.165, 1.54) is 11.8 Å². The molecule has 0 unspecified atom stereocenters. The summed E-state index contributed by atoms with van der Waals surface area (Å²) in [5, 5.41) is 7.72. The lowest BCUT2D eigenvalue weighted by atomic mass is 10.2. The van der Waals surface area contributed by atoms with Crippen molar-refractivity contribution in [3.8, 4) is 0 Å². The largest absolute Gasteiger partial charge is 0.385 e. The number of nitrogens with one attached hydrogen (secondary N) is 1. The zero-order valence-electron chi connectivity index (χ0n) is 15.8. The van der Waals surface area contributed by atoms with Crippen LogP contribution in [0.25, 0.3) is 0 Å². The molecule has 0 radical (unpaired) electrons. The summed E-state index contributed by atoms with van der Waals surface area (Å²) in [6.07, 6.45) is 0.711. The molecule has 1 aliphatic heterocycles. The quantitative estimate of drug-likeness (QED) is 0.512. The third kappa shape index (κ3) is 5.30. The molecule has 1 N–H and O–H groups in total. The topological polar surface area (TPSA) is 83.5 Å². The molecule has 0 spiro atoms. The molecular weight excluding hydrogens is 402 g/mol. The normalized spacial score (nSPS) is 14.5. The van der Waals surface area contributed by atoms with Crippen molar-refractivity contribution < 1.29 is 9.53 Å². The number of ether oxygens (including phenoxy) is 1. The van der Waals surface area contributed by atoms with Crippen molar-refractivity contribution >= 4 is 35.0 Å². The van der Waals surface area contributed by atoms with Crippen molar-refractivity contribution in [3.63, 3.8) is 0 Å². The molecule has 0 bridgehead atoms. The molecule has 3 rings (SSSR count). The molecule has 1 aromatic carbocycles. The Morgan fingerprint density at radius 3 is 2.82 bits per heavy atom. The summed E-state index contributed by atoms with van der Waals surface area (Å²) in [4.78, 5) is 28.5. The van der Waals surface area contributed by atoms with Crippen LogP contribution in [0.15, 0.2) is 34.2 Å². The first-order chi connectivity index (χ1) is 13.6. The Kier molecular flexibility index (Phi) is 7.41. The van der Waals surface area contributed by atoms with Crippen molar-refractivity contribution in [2.45, 2.75) is 18.1 Å². The Labute approximate surface area is 172 Å². The highest BCUT2D eigenvalue weighted by Crippen LogP contribution is 2.21. The molecule has 1 fully saturated rings. The Morgan fingerprint density at radius 1 is 1.32 bits per heavy atom. The molecule has 1 aromatic heterocycles. The molecule has 1 aliphatic rings. The van der Waals surface area contributed by atoms with E-state index in [4.69, 9.17) is 16.3 Å². The van der Waals surface area contributed by atoms with E-state index in [1.807, 2.05) is 29.2 Å². The number of nitrogens with zero attached hydrogens (tertiary/aromatic N) is 4. The zero-order valence-corrected chi connectivity index (χ0v) is 17.3. The monoisotopic (exact) mass is 425 g/mol. The molecule has 0 aliphatic carbocycles. The van der Waals surface area contributed by atoms with Crippen LogP contribution in [0.3, 0.4) is 0 Å². The van der Waals surface area contributed by atoms with E-state index in [1.54, 1.807) is 11.7 Å². The van der Waals surface area contributed by atoms with Crippen molar-refractivity contribution in [2.75, 3.05) is 50.5 Å². The van der Waals surface area contributed by atoms with Gasteiger partial charge in [-0.05, 0) is 24.6 Å². The van der Waals surface area contributed by atoms with Gasteiger partial charge in [-0.15, -0.1) is 5.10 Å². The fourth-order valence-corrected chi connectivity index (χ4v) is 4.14. The number of anilines is 1. The molecule has 0 atom stereocenters. The van der Waals surface area contributed by atoms with E-state index < -0.39 is 0 Å². The number of thioether (sulfide) groups is 1. The number of rotatable bonds is 8. The first-order valence-electron chi connectivity index (χ1n) is 9.13. The summed E-state index contributed by atoms with van der Waals surface area (Å²) in [6.45, 7) is 3.93. The van der Waals surface area contributed by atoms with Crippen LogP contribution in [0.5, 0.6) is 0 Å². The lowest BCUT2D eigenvalue weighted by Gasteiger charge is -2.36. The van der Waals surface area contributed by atoms with E-state index in [2.05, 4.69) is 15.1 Å². The van der Waals surface area contributed by atoms with Gasteiger partial charge in [0.15, 0.2) is 5.16 Å². The van der Waals surface area contributed by atoms with Gasteiger partial charge in [0.2, 0.25) is 5.91 Å². The number of benzene rings is 1. The zero-order chi connectivity index (χ0) is 19.9. The highest BCUT2D eigenvalue weighted by atomic mass is 35.5. The summed E-state index contributed by atoms with van der Waals surface area (Å²) in [6, 6.07) is 7.75. The van der Waals surface area contributed by atoms with Gasteiger partial charge in [0.05, 0.1) is 5.75 Å². The SMILES string of the molecule is COCCCn1c(SCC(=O)N2CCN(c3cccc(Cl)c3)CC2)n[nH]c1=O. The van der Waals surface area contributed by atoms with Crippen LogP contribution in [0, 0.1) is 0 Å². The second kappa shape index (κ2) is 9.99. The molecule has 1 saturated heterocycles. The molecular formula is C18H24ClN5O3S. The van der Waals surface area contributed by atoms with Crippen molar-refractivity contribution in [2.24, 2.45) is 0 Å². The van der Waals surface area contributed by atoms with Crippen LogP contribution in [-0.4, -0.2) is 71.2 Å². The number of carbonyl (C=O) groups is 1. The predicted molar refractivity (Wildman–Crippen MR) is 110 cm³/mol. The molecule has 1 amide bonds. The van der Waals surface area contributed by atoms with Crippen LogP contribution < -0.4 is 10.6 Å². The Hall–Kier alpha value is -1.97. The minimum absolute atomic E-state index is 0.0506. The lowest BCUT2D eigenvalue weighted by Crippen LogP contribution is -2.49. The summed E-state index contributed by atoms with van der Waals surface area (Å²) in [7, 11) is 1.62. The minimum Gasteiger partial charge on any atom is -0.385 e. The van der Waals surface area contributed by atoms with Gasteiger partial charge in [0.25, 0.3) is 0 Å². The standard InChI is InChI=1S/C18H24ClN5O3S/c1-27-11-3-6-24-17(26)20-21-18(24)28-13-16(25)23-9-7-22(8-10-23)15-5-2-4-14(19)12-15/h2,4-5,12H,3,6-11,13H2,1H3,(H,20,26). The van der Waals surface area contributed by atoms with Crippen LogP contribution in [0.1, 0.15) is 6.42 Å². The number of hydrogen-bond acceptors (Lipinski definition) is 6. The highest BCUT2D eigenvalue weighted by molar-refractivity contribution is 7.99. The molecule has 0 saturated carbocycles. The Balaban J connectivity index is 1.49. The summed E-state index contributed by atoms with van der Waals surface area (Å²) in [5.74, 6) is 0.306. The van der Waals surface area contributed by atoms with E-state index >= 15 is 0 Å². The first kappa shape index (κ1) is 20.8. The number of hydrogen-bond donors (Lipinski definition) is 1. The number of carbonyl (C=O) groups excluding carboxylic acids is 1. The molecule has 2 aromatic rings. The summed E-state index contributed by atoms with van der Waals surface area (Å²) in [5.41, 5.74) is 0.812. The van der Waals surface area contributed by atoms with Gasteiger partial charge in [-0.2, -0.15) is 0 Å². The van der Waals surface area contributed by atoms with Crippen molar-refractivity contribution in [1.82, 2.24) is 19.7 Å². The maximum Gasteiger partial charge on any atom is 0.343 e. The number of piperazine rings is 1. The second-order valence-electron chi connectivity index (χ2n) is 6.45. The smallest absolute Gasteiger partial charge is 0.343 e. The van der Waals surface area contributed by atoms with Gasteiger partial charge in [0.1, 0.15) is 0 Å². The Bertz CT molecular complexity index is 848. The van der Waals surface area contributed by atoms with Gasteiger partial charge < -0.3 is 14.5 Å². The molecule has 10 heteroatoms. The van der Waals surface area contributed by atoms with Gasteiger partial charge >= 0.3 is 5.69 Å². The van der Waals surface area contributed by atoms with E-state index in [0.717, 1.165) is 18.8 Å². The minimum atomic E-state index is -0.263. The van der Waals surface area contributed by atoms with Crippen LogP contribution >= 0.6 is 23.4 Å².